The highest BCUT2D eigenvalue weighted by Gasteiger charge is 2.15. The van der Waals surface area contributed by atoms with Crippen molar-refractivity contribution in [1.82, 2.24) is 14.5 Å². The fraction of sp³-hybridized carbons (Fsp3) is 0.304. The number of nitrogens with zero attached hydrogens (tertiary/aromatic N) is 3. The molecular weight excluding hydrogens is 458 g/mol. The maximum Gasteiger partial charge on any atom is 0.308 e. The molecule has 2 aromatic carbocycles. The van der Waals surface area contributed by atoms with Crippen LogP contribution in [0.25, 0.3) is 5.69 Å². The molecule has 3 aromatic rings. The van der Waals surface area contributed by atoms with Gasteiger partial charge in [0.1, 0.15) is 0 Å². The molecule has 0 aliphatic heterocycles. The molecule has 10 nitrogen and oxygen atoms in total. The maximum absolute atomic E-state index is 12.7. The van der Waals surface area contributed by atoms with Crippen LogP contribution in [0.4, 0.5) is 11.4 Å². The molecule has 0 saturated heterocycles. The number of carbonyl (C=O) groups is 1. The van der Waals surface area contributed by atoms with Gasteiger partial charge in [-0.25, -0.2) is 17.8 Å². The monoisotopic (exact) mass is 485 g/mol. The molecule has 0 unspecified atom stereocenters. The number of esters is 1. The summed E-state index contributed by atoms with van der Waals surface area (Å²) in [6.45, 7) is 5.46. The number of carbonyl (C=O) groups excluding carboxylic acids is 1. The summed E-state index contributed by atoms with van der Waals surface area (Å²) in [5, 5.41) is 11.1. The maximum atomic E-state index is 12.7. The van der Waals surface area contributed by atoms with E-state index in [1.54, 1.807) is 32.9 Å². The molecule has 0 amide bonds. The Labute approximate surface area is 197 Å². The Hall–Kier alpha value is -3.57. The van der Waals surface area contributed by atoms with Gasteiger partial charge in [0, 0.05) is 6.54 Å². The van der Waals surface area contributed by atoms with Crippen LogP contribution in [0.1, 0.15) is 26.0 Å². The van der Waals surface area contributed by atoms with Gasteiger partial charge in [-0.05, 0) is 49.7 Å². The van der Waals surface area contributed by atoms with Gasteiger partial charge in [0.25, 0.3) is 5.56 Å². The molecule has 0 aliphatic rings. The molecule has 0 saturated carbocycles. The van der Waals surface area contributed by atoms with Gasteiger partial charge in [-0.3, -0.25) is 14.7 Å². The lowest BCUT2D eigenvalue weighted by Gasteiger charge is -2.08. The second-order valence-electron chi connectivity index (χ2n) is 7.83. The molecule has 0 aliphatic carbocycles. The Morgan fingerprint density at radius 2 is 1.76 bits per heavy atom. The normalized spacial score (nSPS) is 11.9. The number of hydrogen-bond acceptors (Lipinski definition) is 7. The Balaban J connectivity index is 1.62. The van der Waals surface area contributed by atoms with Gasteiger partial charge < -0.3 is 4.74 Å². The summed E-state index contributed by atoms with van der Waals surface area (Å²) >= 11 is 0. The number of ether oxygens (including phenoxy) is 1. The fourth-order valence-electron chi connectivity index (χ4n) is 2.92. The molecule has 0 fully saturated rings. The average Bonchev–Trinajstić information content (AvgIpc) is 3.11. The van der Waals surface area contributed by atoms with Gasteiger partial charge in [-0.15, -0.1) is 5.11 Å². The van der Waals surface area contributed by atoms with Crippen LogP contribution in [0, 0.1) is 12.8 Å². The highest BCUT2D eigenvalue weighted by Crippen LogP contribution is 2.20. The third-order valence-electron chi connectivity index (χ3n) is 4.80. The first-order valence-corrected chi connectivity index (χ1v) is 12.2. The molecule has 0 atom stereocenters. The standard InChI is InChI=1S/C23H27N5O5S/c1-16(2)23(30)33-15-7-14-24-34(31,32)20-12-10-18(11-13-20)25-26-21-17(3)27-28(22(21)29)19-8-5-4-6-9-19/h4-6,8-13,16,24,27H,7,14-15H2,1-3H3. The molecule has 34 heavy (non-hydrogen) atoms. The SMILES string of the molecule is Cc1[nH]n(-c2ccccc2)c(=O)c1N=Nc1ccc(S(=O)(=O)NCCCOC(=O)C(C)C)cc1. The van der Waals surface area contributed by atoms with Crippen molar-refractivity contribution in [2.24, 2.45) is 16.1 Å². The van der Waals surface area contributed by atoms with Crippen molar-refractivity contribution in [3.8, 4) is 5.69 Å². The first-order valence-electron chi connectivity index (χ1n) is 10.7. The van der Waals surface area contributed by atoms with E-state index >= 15 is 0 Å². The van der Waals surface area contributed by atoms with Crippen LogP contribution >= 0.6 is 0 Å². The zero-order chi connectivity index (χ0) is 24.7. The van der Waals surface area contributed by atoms with E-state index in [1.165, 1.54) is 28.9 Å². The van der Waals surface area contributed by atoms with Gasteiger partial charge in [-0.1, -0.05) is 32.0 Å². The number of hydrogen-bond donors (Lipinski definition) is 2. The molecule has 1 heterocycles. The van der Waals surface area contributed by atoms with Crippen LogP contribution in [-0.2, 0) is 19.6 Å². The summed E-state index contributed by atoms with van der Waals surface area (Å²) in [7, 11) is -3.72. The third kappa shape index (κ3) is 6.27. The number of para-hydroxylation sites is 1. The summed E-state index contributed by atoms with van der Waals surface area (Å²) in [6, 6.07) is 14.9. The van der Waals surface area contributed by atoms with E-state index in [0.717, 1.165) is 0 Å². The molecule has 180 valence electrons. The zero-order valence-corrected chi connectivity index (χ0v) is 20.0. The fourth-order valence-corrected chi connectivity index (χ4v) is 3.99. The van der Waals surface area contributed by atoms with Crippen molar-refractivity contribution in [3.05, 3.63) is 70.6 Å². The van der Waals surface area contributed by atoms with E-state index in [4.69, 9.17) is 4.74 Å². The van der Waals surface area contributed by atoms with Crippen LogP contribution in [0.2, 0.25) is 0 Å². The minimum absolute atomic E-state index is 0.0647. The van der Waals surface area contributed by atoms with E-state index in [2.05, 4.69) is 20.0 Å². The molecular formula is C23H27N5O5S. The van der Waals surface area contributed by atoms with Crippen molar-refractivity contribution in [3.63, 3.8) is 0 Å². The van der Waals surface area contributed by atoms with Gasteiger partial charge in [0.15, 0.2) is 5.69 Å². The van der Waals surface area contributed by atoms with Crippen molar-refractivity contribution >= 4 is 27.4 Å². The van der Waals surface area contributed by atoms with Crippen LogP contribution in [0.3, 0.4) is 0 Å². The summed E-state index contributed by atoms with van der Waals surface area (Å²) < 4.78 is 33.7. The molecule has 1 aromatic heterocycles. The molecule has 0 bridgehead atoms. The quantitative estimate of drug-likeness (QED) is 0.256. The average molecular weight is 486 g/mol. The van der Waals surface area contributed by atoms with Gasteiger partial charge in [0.05, 0.1) is 34.5 Å². The predicted octanol–water partition coefficient (Wildman–Crippen LogP) is 3.76. The zero-order valence-electron chi connectivity index (χ0n) is 19.2. The summed E-state index contributed by atoms with van der Waals surface area (Å²) in [4.78, 5) is 24.1. The lowest BCUT2D eigenvalue weighted by Crippen LogP contribution is -2.26. The number of aromatic amines is 1. The van der Waals surface area contributed by atoms with E-state index in [1.807, 2.05) is 18.2 Å². The Morgan fingerprint density at radius 3 is 2.41 bits per heavy atom. The highest BCUT2D eigenvalue weighted by molar-refractivity contribution is 7.89. The van der Waals surface area contributed by atoms with Gasteiger partial charge >= 0.3 is 5.97 Å². The van der Waals surface area contributed by atoms with Crippen LogP contribution in [0.15, 0.2) is 74.5 Å². The number of benzene rings is 2. The van der Waals surface area contributed by atoms with E-state index in [9.17, 15) is 18.0 Å². The molecule has 3 rings (SSSR count). The molecule has 0 radical (unpaired) electrons. The first-order chi connectivity index (χ1) is 16.2. The second kappa shape index (κ2) is 11.0. The number of sulfonamides is 1. The number of nitrogens with one attached hydrogen (secondary N) is 2. The number of aromatic nitrogens is 2. The number of H-pyrrole nitrogens is 1. The minimum atomic E-state index is -3.72. The smallest absolute Gasteiger partial charge is 0.308 e. The summed E-state index contributed by atoms with van der Waals surface area (Å²) in [5.41, 5.74) is 1.46. The minimum Gasteiger partial charge on any atom is -0.465 e. The van der Waals surface area contributed by atoms with Crippen molar-refractivity contribution in [2.75, 3.05) is 13.2 Å². The molecule has 11 heteroatoms. The first kappa shape index (κ1) is 25.1. The highest BCUT2D eigenvalue weighted by atomic mass is 32.2. The Morgan fingerprint density at radius 1 is 1.09 bits per heavy atom. The topological polar surface area (TPSA) is 135 Å². The molecule has 2 N–H and O–H groups in total. The lowest BCUT2D eigenvalue weighted by atomic mass is 10.2. The Kier molecular flexibility index (Phi) is 8.13. The summed E-state index contributed by atoms with van der Waals surface area (Å²) in [6.07, 6.45) is 0.362. The van der Waals surface area contributed by atoms with Gasteiger partial charge in [0.2, 0.25) is 10.0 Å². The van der Waals surface area contributed by atoms with Crippen LogP contribution in [0.5, 0.6) is 0 Å². The molecule has 0 spiro atoms. The number of aryl methyl sites for hydroxylation is 1. The van der Waals surface area contributed by atoms with E-state index < -0.39 is 10.0 Å². The van der Waals surface area contributed by atoms with Crippen molar-refractivity contribution in [2.45, 2.75) is 32.1 Å². The summed E-state index contributed by atoms with van der Waals surface area (Å²) in [5.74, 6) is -0.542. The van der Waals surface area contributed by atoms with Crippen molar-refractivity contribution < 1.29 is 17.9 Å². The predicted molar refractivity (Wildman–Crippen MR) is 127 cm³/mol. The number of rotatable bonds is 10. The Bertz CT molecular complexity index is 1310. The van der Waals surface area contributed by atoms with Crippen LogP contribution in [-0.4, -0.2) is 37.3 Å². The van der Waals surface area contributed by atoms with E-state index in [-0.39, 0.29) is 41.2 Å². The lowest BCUT2D eigenvalue weighted by molar-refractivity contribution is -0.147. The van der Waals surface area contributed by atoms with Crippen LogP contribution < -0.4 is 10.3 Å². The van der Waals surface area contributed by atoms with E-state index in [0.29, 0.717) is 23.5 Å². The number of azo groups is 1. The largest absolute Gasteiger partial charge is 0.465 e. The second-order valence-corrected chi connectivity index (χ2v) is 9.60. The third-order valence-corrected chi connectivity index (χ3v) is 6.27. The van der Waals surface area contributed by atoms with Crippen molar-refractivity contribution in [1.29, 1.82) is 0 Å². The van der Waals surface area contributed by atoms with Gasteiger partial charge in [-0.2, -0.15) is 5.11 Å².